The third-order valence-corrected chi connectivity index (χ3v) is 6.60. The molecule has 2 atom stereocenters. The molecule has 1 saturated heterocycles. The zero-order valence-electron chi connectivity index (χ0n) is 18.7. The third kappa shape index (κ3) is 6.28. The van der Waals surface area contributed by atoms with E-state index in [9.17, 15) is 4.79 Å². The van der Waals surface area contributed by atoms with Crippen molar-refractivity contribution in [1.29, 1.82) is 0 Å². The van der Waals surface area contributed by atoms with Gasteiger partial charge in [0.15, 0.2) is 0 Å². The molecule has 1 amide bonds. The first-order chi connectivity index (χ1) is 15.1. The van der Waals surface area contributed by atoms with Crippen LogP contribution in [0.3, 0.4) is 0 Å². The molecule has 1 aliphatic heterocycles. The average molecular weight is 517 g/mol. The van der Waals surface area contributed by atoms with Gasteiger partial charge in [-0.05, 0) is 36.5 Å². The second-order valence-corrected chi connectivity index (χ2v) is 8.78. The minimum absolute atomic E-state index is 0. The third-order valence-electron chi connectivity index (χ3n) is 6.35. The molecule has 0 radical (unpaired) electrons. The highest BCUT2D eigenvalue weighted by molar-refractivity contribution is 6.30. The smallest absolute Gasteiger partial charge is 0.231 e. The van der Waals surface area contributed by atoms with Crippen molar-refractivity contribution in [3.05, 3.63) is 52.4 Å². The van der Waals surface area contributed by atoms with Crippen LogP contribution in [0.2, 0.25) is 5.02 Å². The van der Waals surface area contributed by atoms with E-state index in [0.717, 1.165) is 37.3 Å². The summed E-state index contributed by atoms with van der Waals surface area (Å²) in [5.41, 5.74) is 3.40. The van der Waals surface area contributed by atoms with Crippen molar-refractivity contribution < 1.29 is 9.90 Å². The van der Waals surface area contributed by atoms with Crippen LogP contribution in [0.15, 0.2) is 30.6 Å². The summed E-state index contributed by atoms with van der Waals surface area (Å²) in [6.45, 7) is 6.08. The topological polar surface area (TPSA) is 81.6 Å². The number of piperazine rings is 1. The maximum atomic E-state index is 13.4. The van der Waals surface area contributed by atoms with Gasteiger partial charge in [-0.2, -0.15) is 0 Å². The normalized spacial score (nSPS) is 18.2. The average Bonchev–Trinajstić information content (AvgIpc) is 3.18. The molecule has 0 spiro atoms. The van der Waals surface area contributed by atoms with E-state index in [4.69, 9.17) is 16.7 Å². The van der Waals surface area contributed by atoms with Gasteiger partial charge in [0.2, 0.25) is 5.91 Å². The van der Waals surface area contributed by atoms with Crippen molar-refractivity contribution in [2.45, 2.75) is 31.6 Å². The molecule has 7 nitrogen and oxygen atoms in total. The van der Waals surface area contributed by atoms with Crippen LogP contribution < -0.4 is 10.2 Å². The van der Waals surface area contributed by atoms with Gasteiger partial charge < -0.3 is 20.2 Å². The Labute approximate surface area is 212 Å². The number of anilines is 1. The van der Waals surface area contributed by atoms with Gasteiger partial charge in [0.25, 0.3) is 0 Å². The van der Waals surface area contributed by atoms with Crippen molar-refractivity contribution in [1.82, 2.24) is 20.2 Å². The summed E-state index contributed by atoms with van der Waals surface area (Å²) in [4.78, 5) is 26.7. The Balaban J connectivity index is 0.00000193. The fourth-order valence-electron chi connectivity index (χ4n) is 4.60. The Morgan fingerprint density at radius 1 is 1.18 bits per heavy atom. The van der Waals surface area contributed by atoms with E-state index in [1.54, 1.807) is 6.33 Å². The molecule has 1 aromatic heterocycles. The van der Waals surface area contributed by atoms with E-state index in [-0.39, 0.29) is 43.2 Å². The number of carbonyl (C=O) groups is 1. The zero-order valence-corrected chi connectivity index (χ0v) is 21.1. The van der Waals surface area contributed by atoms with Crippen LogP contribution in [0.1, 0.15) is 42.0 Å². The lowest BCUT2D eigenvalue weighted by molar-refractivity contribution is -0.133. The summed E-state index contributed by atoms with van der Waals surface area (Å²) >= 11 is 6.04. The van der Waals surface area contributed by atoms with E-state index < -0.39 is 0 Å². The highest BCUT2D eigenvalue weighted by Crippen LogP contribution is 2.37. The lowest BCUT2D eigenvalue weighted by Crippen LogP contribution is -2.51. The molecular weight excluding hydrogens is 485 g/mol. The Hall–Kier alpha value is -1.64. The first kappa shape index (κ1) is 27.6. The Morgan fingerprint density at radius 3 is 2.55 bits per heavy atom. The first-order valence-electron chi connectivity index (χ1n) is 11.0. The van der Waals surface area contributed by atoms with Crippen LogP contribution in [0, 0.1) is 0 Å². The molecule has 33 heavy (non-hydrogen) atoms. The quantitative estimate of drug-likeness (QED) is 0.551. The minimum atomic E-state index is -0.307. The second kappa shape index (κ2) is 12.7. The summed E-state index contributed by atoms with van der Waals surface area (Å²) in [5, 5.41) is 12.9. The number of nitrogens with one attached hydrogen (secondary N) is 1. The number of benzene rings is 1. The number of rotatable bonds is 7. The molecule has 1 fully saturated rings. The number of hydrogen-bond acceptors (Lipinski definition) is 6. The summed E-state index contributed by atoms with van der Waals surface area (Å²) in [6, 6.07) is 7.46. The highest BCUT2D eigenvalue weighted by atomic mass is 35.5. The van der Waals surface area contributed by atoms with Gasteiger partial charge in [-0.3, -0.25) is 4.79 Å². The highest BCUT2D eigenvalue weighted by Gasteiger charge is 2.31. The van der Waals surface area contributed by atoms with E-state index >= 15 is 0 Å². The molecule has 2 aliphatic rings. The monoisotopic (exact) mass is 515 g/mol. The lowest BCUT2D eigenvalue weighted by atomic mass is 9.97. The predicted molar refractivity (Wildman–Crippen MR) is 136 cm³/mol. The van der Waals surface area contributed by atoms with Gasteiger partial charge in [0, 0.05) is 55.5 Å². The number of aromatic nitrogens is 2. The number of hydrogen-bond donors (Lipinski definition) is 2. The van der Waals surface area contributed by atoms with Gasteiger partial charge in [-0.15, -0.1) is 24.8 Å². The number of aliphatic hydroxyl groups is 1. The van der Waals surface area contributed by atoms with Crippen molar-refractivity contribution in [2.75, 3.05) is 50.8 Å². The standard InChI is InChI=1S/C23H30ClN5O2.2ClH/c1-16-2-7-20-21(16)22(27-15-26-20)28-9-11-29(12-10-28)23(31)19(14-25-8-13-30)17-3-5-18(24)6-4-17;;/h3-6,15-16,19,25,30H,2,7-14H2,1H3;2*1H/t16-,19?;;/m1../s1. The fraction of sp³-hybridized carbons (Fsp3) is 0.522. The van der Waals surface area contributed by atoms with Crippen molar-refractivity contribution in [2.24, 2.45) is 0 Å². The molecule has 0 saturated carbocycles. The Bertz CT molecular complexity index is 907. The Morgan fingerprint density at radius 2 is 1.88 bits per heavy atom. The molecule has 0 bridgehead atoms. The number of aryl methyl sites for hydroxylation is 1. The van der Waals surface area contributed by atoms with Crippen LogP contribution in [-0.2, 0) is 11.2 Å². The maximum Gasteiger partial charge on any atom is 0.231 e. The van der Waals surface area contributed by atoms with Crippen LogP contribution in [-0.4, -0.2) is 71.8 Å². The molecule has 1 aliphatic carbocycles. The molecule has 182 valence electrons. The van der Waals surface area contributed by atoms with Crippen molar-refractivity contribution in [3.8, 4) is 0 Å². The number of halogens is 3. The second-order valence-electron chi connectivity index (χ2n) is 8.34. The number of fused-ring (bicyclic) bond motifs is 1. The van der Waals surface area contributed by atoms with Gasteiger partial charge in [-0.25, -0.2) is 9.97 Å². The maximum absolute atomic E-state index is 13.4. The minimum Gasteiger partial charge on any atom is -0.395 e. The predicted octanol–water partition coefficient (Wildman–Crippen LogP) is 3.04. The van der Waals surface area contributed by atoms with E-state index in [1.807, 2.05) is 29.2 Å². The molecule has 2 heterocycles. The summed E-state index contributed by atoms with van der Waals surface area (Å²) in [6.07, 6.45) is 3.82. The molecule has 2 N–H and O–H groups in total. The van der Waals surface area contributed by atoms with E-state index in [2.05, 4.69) is 27.1 Å². The summed E-state index contributed by atoms with van der Waals surface area (Å²) in [5.74, 6) is 1.33. The molecule has 1 unspecified atom stereocenters. The van der Waals surface area contributed by atoms with Gasteiger partial charge >= 0.3 is 0 Å². The van der Waals surface area contributed by atoms with Crippen LogP contribution >= 0.6 is 36.4 Å². The van der Waals surface area contributed by atoms with E-state index in [1.165, 1.54) is 11.3 Å². The molecule has 1 aromatic carbocycles. The number of amides is 1. The fourth-order valence-corrected chi connectivity index (χ4v) is 4.73. The summed E-state index contributed by atoms with van der Waals surface area (Å²) in [7, 11) is 0. The zero-order chi connectivity index (χ0) is 21.8. The molecule has 2 aromatic rings. The van der Waals surface area contributed by atoms with E-state index in [0.29, 0.717) is 37.1 Å². The molecule has 10 heteroatoms. The number of nitrogens with zero attached hydrogens (tertiary/aromatic N) is 4. The summed E-state index contributed by atoms with van der Waals surface area (Å²) < 4.78 is 0. The van der Waals surface area contributed by atoms with Crippen LogP contribution in [0.4, 0.5) is 5.82 Å². The largest absolute Gasteiger partial charge is 0.395 e. The number of carbonyl (C=O) groups excluding carboxylic acids is 1. The van der Waals surface area contributed by atoms with Gasteiger partial charge in [-0.1, -0.05) is 30.7 Å². The lowest BCUT2D eigenvalue weighted by Gasteiger charge is -2.38. The first-order valence-corrected chi connectivity index (χ1v) is 11.4. The van der Waals surface area contributed by atoms with Crippen LogP contribution in [0.5, 0.6) is 0 Å². The number of aliphatic hydroxyl groups excluding tert-OH is 1. The SMILES string of the molecule is C[C@@H]1CCc2ncnc(N3CCN(C(=O)C(CNCCO)c4ccc(Cl)cc4)CC3)c21.Cl.Cl. The van der Waals surface area contributed by atoms with Gasteiger partial charge in [0.05, 0.1) is 12.5 Å². The van der Waals surface area contributed by atoms with Crippen molar-refractivity contribution in [3.63, 3.8) is 0 Å². The van der Waals surface area contributed by atoms with Crippen molar-refractivity contribution >= 4 is 48.1 Å². The molecular formula is C23H32Cl3N5O2. The van der Waals surface area contributed by atoms with Crippen LogP contribution in [0.25, 0.3) is 0 Å². The van der Waals surface area contributed by atoms with Gasteiger partial charge in [0.1, 0.15) is 12.1 Å². The molecule has 4 rings (SSSR count). The Kier molecular flexibility index (Phi) is 10.6.